The molecule has 0 saturated carbocycles. The Labute approximate surface area is 166 Å². The molecule has 3 rings (SSSR count). The number of halogens is 1. The molecular weight excluding hydrogens is 414 g/mol. The molecule has 0 spiro atoms. The highest BCUT2D eigenvalue weighted by atomic mass is 35.5. The average molecular weight is 432 g/mol. The molecule has 0 aliphatic carbocycles. The monoisotopic (exact) mass is 431 g/mol. The van der Waals surface area contributed by atoms with Crippen LogP contribution in [-0.4, -0.2) is 29.6 Å². The van der Waals surface area contributed by atoms with Crippen LogP contribution in [0.3, 0.4) is 0 Å². The van der Waals surface area contributed by atoms with E-state index in [0.29, 0.717) is 10.7 Å². The Bertz CT molecular complexity index is 878. The molecule has 2 atom stereocenters. The van der Waals surface area contributed by atoms with Crippen LogP contribution in [0.5, 0.6) is 0 Å². The van der Waals surface area contributed by atoms with Gasteiger partial charge in [-0.05, 0) is 48.9 Å². The van der Waals surface area contributed by atoms with Crippen molar-refractivity contribution in [3.05, 3.63) is 53.1 Å². The van der Waals surface area contributed by atoms with Crippen LogP contribution in [0.2, 0.25) is 5.02 Å². The minimum atomic E-state index is -4.30. The van der Waals surface area contributed by atoms with E-state index in [1.165, 1.54) is 6.07 Å². The molecule has 1 fully saturated rings. The van der Waals surface area contributed by atoms with Gasteiger partial charge in [0.15, 0.2) is 0 Å². The number of hydrogen-bond acceptors (Lipinski definition) is 7. The van der Waals surface area contributed by atoms with Crippen LogP contribution in [0, 0.1) is 6.92 Å². The van der Waals surface area contributed by atoms with Crippen molar-refractivity contribution in [1.29, 1.82) is 0 Å². The number of rotatable bonds is 6. The second-order valence-corrected chi connectivity index (χ2v) is 9.91. The van der Waals surface area contributed by atoms with E-state index in [2.05, 4.69) is 16.2 Å². The van der Waals surface area contributed by atoms with Gasteiger partial charge in [0.2, 0.25) is 0 Å². The summed E-state index contributed by atoms with van der Waals surface area (Å²) in [6.07, 6.45) is 0. The fourth-order valence-electron chi connectivity index (χ4n) is 2.36. The molecule has 1 aliphatic rings. The summed E-state index contributed by atoms with van der Waals surface area (Å²) in [5.74, 6) is 0.816. The molecule has 6 nitrogen and oxygen atoms in total. The largest absolute Gasteiger partial charge is 0.359 e. The lowest BCUT2D eigenvalue weighted by Crippen LogP contribution is -2.37. The summed E-state index contributed by atoms with van der Waals surface area (Å²) >= 11 is 9.18. The van der Waals surface area contributed by atoms with Crippen molar-refractivity contribution in [2.24, 2.45) is 0 Å². The van der Waals surface area contributed by atoms with Crippen molar-refractivity contribution >= 4 is 50.9 Å². The van der Waals surface area contributed by atoms with Gasteiger partial charge in [-0.3, -0.25) is 4.55 Å². The zero-order valence-corrected chi connectivity index (χ0v) is 17.0. The Balaban J connectivity index is 1.59. The third-order valence-corrected chi connectivity index (χ3v) is 7.18. The quantitative estimate of drug-likeness (QED) is 0.408. The van der Waals surface area contributed by atoms with Gasteiger partial charge in [0.05, 0.1) is 11.1 Å². The van der Waals surface area contributed by atoms with E-state index in [4.69, 9.17) is 11.6 Å². The first-order valence-electron chi connectivity index (χ1n) is 7.71. The van der Waals surface area contributed by atoms with Gasteiger partial charge in [0.1, 0.15) is 10.4 Å². The SMILES string of the molecule is Cc1ccc(NC2NNC(CSc3ccc(Cl)cc3)S2)c(S(=O)(=O)O)c1. The molecular formula is C16H18ClN3O3S3. The highest BCUT2D eigenvalue weighted by Gasteiger charge is 2.26. The van der Waals surface area contributed by atoms with Crippen molar-refractivity contribution < 1.29 is 13.0 Å². The van der Waals surface area contributed by atoms with E-state index in [1.54, 1.807) is 42.6 Å². The van der Waals surface area contributed by atoms with E-state index < -0.39 is 10.1 Å². The Hall–Kier alpha value is -0.940. The molecule has 2 aromatic rings. The zero-order chi connectivity index (χ0) is 18.7. The molecule has 26 heavy (non-hydrogen) atoms. The Morgan fingerprint density at radius 3 is 2.65 bits per heavy atom. The number of nitrogens with one attached hydrogen (secondary N) is 3. The minimum absolute atomic E-state index is 0.126. The summed E-state index contributed by atoms with van der Waals surface area (Å²) < 4.78 is 32.6. The van der Waals surface area contributed by atoms with Gasteiger partial charge in [-0.1, -0.05) is 29.4 Å². The van der Waals surface area contributed by atoms with Gasteiger partial charge in [0.25, 0.3) is 10.1 Å². The van der Waals surface area contributed by atoms with E-state index in [-0.39, 0.29) is 15.8 Å². The lowest BCUT2D eigenvalue weighted by molar-refractivity contribution is 0.483. The number of thioether (sulfide) groups is 2. The second kappa shape index (κ2) is 8.39. The van der Waals surface area contributed by atoms with Crippen LogP contribution < -0.4 is 16.2 Å². The fraction of sp³-hybridized carbons (Fsp3) is 0.250. The maximum atomic E-state index is 11.6. The first-order chi connectivity index (χ1) is 12.3. The first kappa shape index (κ1) is 19.8. The maximum Gasteiger partial charge on any atom is 0.296 e. The molecule has 2 aromatic carbocycles. The third-order valence-electron chi connectivity index (χ3n) is 3.59. The van der Waals surface area contributed by atoms with E-state index in [9.17, 15) is 13.0 Å². The van der Waals surface area contributed by atoms with Gasteiger partial charge in [-0.2, -0.15) is 8.42 Å². The summed E-state index contributed by atoms with van der Waals surface area (Å²) in [5, 5.41) is 3.94. The number of hydrazine groups is 1. The lowest BCUT2D eigenvalue weighted by atomic mass is 10.2. The minimum Gasteiger partial charge on any atom is -0.359 e. The van der Waals surface area contributed by atoms with Gasteiger partial charge in [-0.15, -0.1) is 11.8 Å². The molecule has 0 bridgehead atoms. The maximum absolute atomic E-state index is 11.6. The molecule has 10 heteroatoms. The smallest absolute Gasteiger partial charge is 0.296 e. The Morgan fingerprint density at radius 2 is 1.96 bits per heavy atom. The third kappa shape index (κ3) is 5.29. The summed E-state index contributed by atoms with van der Waals surface area (Å²) in [6, 6.07) is 12.5. The van der Waals surface area contributed by atoms with Crippen LogP contribution in [-0.2, 0) is 10.1 Å². The van der Waals surface area contributed by atoms with Crippen LogP contribution >= 0.6 is 35.1 Å². The number of anilines is 1. The van der Waals surface area contributed by atoms with Gasteiger partial charge in [0, 0.05) is 15.7 Å². The molecule has 0 aromatic heterocycles. The van der Waals surface area contributed by atoms with Crippen molar-refractivity contribution in [2.75, 3.05) is 11.1 Å². The van der Waals surface area contributed by atoms with Gasteiger partial charge >= 0.3 is 0 Å². The average Bonchev–Trinajstić information content (AvgIpc) is 3.02. The lowest BCUT2D eigenvalue weighted by Gasteiger charge is -2.16. The zero-order valence-electron chi connectivity index (χ0n) is 13.8. The highest BCUT2D eigenvalue weighted by Crippen LogP contribution is 2.30. The van der Waals surface area contributed by atoms with Crippen molar-refractivity contribution in [1.82, 2.24) is 10.9 Å². The molecule has 0 radical (unpaired) electrons. The summed E-state index contributed by atoms with van der Waals surface area (Å²) in [7, 11) is -4.30. The molecule has 1 saturated heterocycles. The van der Waals surface area contributed by atoms with Crippen LogP contribution in [0.1, 0.15) is 5.56 Å². The molecule has 4 N–H and O–H groups in total. The van der Waals surface area contributed by atoms with Gasteiger partial charge in [-0.25, -0.2) is 10.9 Å². The fourth-order valence-corrected chi connectivity index (χ4v) is 5.29. The number of hydrogen-bond donors (Lipinski definition) is 4. The van der Waals surface area contributed by atoms with Crippen LogP contribution in [0.25, 0.3) is 0 Å². The van der Waals surface area contributed by atoms with Crippen molar-refractivity contribution in [2.45, 2.75) is 27.6 Å². The Kier molecular flexibility index (Phi) is 6.39. The van der Waals surface area contributed by atoms with E-state index >= 15 is 0 Å². The van der Waals surface area contributed by atoms with Crippen molar-refractivity contribution in [3.8, 4) is 0 Å². The van der Waals surface area contributed by atoms with E-state index in [1.807, 2.05) is 24.3 Å². The summed E-state index contributed by atoms with van der Waals surface area (Å²) in [5.41, 5.74) is 7.14. The normalized spacial score (nSPS) is 20.3. The predicted octanol–water partition coefficient (Wildman–Crippen LogP) is 3.55. The second-order valence-electron chi connectivity index (χ2n) is 5.68. The molecule has 0 amide bonds. The summed E-state index contributed by atoms with van der Waals surface area (Å²) in [4.78, 5) is 0.999. The first-order valence-corrected chi connectivity index (χ1v) is 11.5. The van der Waals surface area contributed by atoms with E-state index in [0.717, 1.165) is 16.2 Å². The Morgan fingerprint density at radius 1 is 1.23 bits per heavy atom. The topological polar surface area (TPSA) is 90.5 Å². The number of benzene rings is 2. The molecule has 140 valence electrons. The molecule has 2 unspecified atom stereocenters. The highest BCUT2D eigenvalue weighted by molar-refractivity contribution is 8.03. The molecule has 1 heterocycles. The van der Waals surface area contributed by atoms with Crippen LogP contribution in [0.15, 0.2) is 52.3 Å². The number of aryl methyl sites for hydroxylation is 1. The van der Waals surface area contributed by atoms with Crippen LogP contribution in [0.4, 0.5) is 5.69 Å². The predicted molar refractivity (Wildman–Crippen MR) is 108 cm³/mol. The molecule has 1 aliphatic heterocycles. The van der Waals surface area contributed by atoms with Gasteiger partial charge < -0.3 is 5.32 Å². The standard InChI is InChI=1S/C16H18ClN3O3S3/c1-10-2-7-13(14(8-10)26(21,22)23)18-16-20-19-15(25-16)9-24-12-5-3-11(17)4-6-12/h2-8,15-16,18-20H,9H2,1H3,(H,21,22,23). The summed E-state index contributed by atoms with van der Waals surface area (Å²) in [6.45, 7) is 1.77. The van der Waals surface area contributed by atoms with Crippen molar-refractivity contribution in [3.63, 3.8) is 0 Å².